The quantitative estimate of drug-likeness (QED) is 0.857. The second-order valence-electron chi connectivity index (χ2n) is 7.03. The van der Waals surface area contributed by atoms with Crippen molar-refractivity contribution < 1.29 is 14.6 Å². The van der Waals surface area contributed by atoms with Crippen LogP contribution in [-0.4, -0.2) is 65.4 Å². The minimum absolute atomic E-state index is 0.191. The van der Waals surface area contributed by atoms with Gasteiger partial charge in [0.1, 0.15) is 5.60 Å². The fraction of sp³-hybridized carbons (Fsp3) is 0.933. The fourth-order valence-electron chi connectivity index (χ4n) is 2.95. The van der Waals surface area contributed by atoms with E-state index in [0.717, 1.165) is 32.6 Å². The molecule has 0 aromatic carbocycles. The van der Waals surface area contributed by atoms with Crippen LogP contribution in [0.5, 0.6) is 0 Å². The first-order valence-electron chi connectivity index (χ1n) is 7.72. The van der Waals surface area contributed by atoms with Crippen molar-refractivity contribution in [3.05, 3.63) is 0 Å². The molecule has 0 radical (unpaired) electrons. The zero-order valence-electron chi connectivity index (χ0n) is 13.0. The maximum atomic E-state index is 11.9. The summed E-state index contributed by atoms with van der Waals surface area (Å²) in [7, 11) is 0. The molecule has 0 atom stereocenters. The molecule has 0 aliphatic carbocycles. The third kappa shape index (κ3) is 4.09. The van der Waals surface area contributed by atoms with E-state index >= 15 is 0 Å². The zero-order chi connectivity index (χ0) is 14.8. The van der Waals surface area contributed by atoms with Crippen molar-refractivity contribution in [3.63, 3.8) is 0 Å². The number of ether oxygens (including phenoxy) is 1. The van der Waals surface area contributed by atoms with E-state index in [4.69, 9.17) is 9.84 Å². The van der Waals surface area contributed by atoms with Crippen molar-refractivity contribution in [2.75, 3.05) is 32.8 Å². The number of hydrogen-bond donors (Lipinski definition) is 1. The van der Waals surface area contributed by atoms with Gasteiger partial charge < -0.3 is 14.7 Å². The van der Waals surface area contributed by atoms with Crippen molar-refractivity contribution in [2.45, 2.75) is 51.7 Å². The molecular formula is C15H28N2O3. The first kappa shape index (κ1) is 15.6. The number of carbonyl (C=O) groups excluding carboxylic acids is 1. The van der Waals surface area contributed by atoms with Gasteiger partial charge in [0.25, 0.3) is 0 Å². The number of hydrogen-bond acceptors (Lipinski definition) is 4. The van der Waals surface area contributed by atoms with Crippen LogP contribution in [0.2, 0.25) is 0 Å². The van der Waals surface area contributed by atoms with Gasteiger partial charge in [-0.25, -0.2) is 4.79 Å². The largest absolute Gasteiger partial charge is 0.444 e. The first-order valence-corrected chi connectivity index (χ1v) is 7.72. The van der Waals surface area contributed by atoms with Crippen LogP contribution in [0, 0.1) is 5.92 Å². The van der Waals surface area contributed by atoms with E-state index in [1.165, 1.54) is 12.8 Å². The van der Waals surface area contributed by atoms with Crippen LogP contribution >= 0.6 is 0 Å². The van der Waals surface area contributed by atoms with Gasteiger partial charge in [0.05, 0.1) is 0 Å². The van der Waals surface area contributed by atoms with Crippen LogP contribution in [0.25, 0.3) is 0 Å². The van der Waals surface area contributed by atoms with Crippen LogP contribution in [0.4, 0.5) is 4.79 Å². The van der Waals surface area contributed by atoms with Gasteiger partial charge in [0.15, 0.2) is 0 Å². The van der Waals surface area contributed by atoms with E-state index in [1.807, 2.05) is 20.8 Å². The summed E-state index contributed by atoms with van der Waals surface area (Å²) in [6.45, 7) is 9.77. The average Bonchev–Trinajstić information content (AvgIpc) is 2.27. The molecule has 2 saturated heterocycles. The molecule has 0 spiro atoms. The van der Waals surface area contributed by atoms with E-state index in [-0.39, 0.29) is 6.09 Å². The van der Waals surface area contributed by atoms with E-state index in [1.54, 1.807) is 4.90 Å². The molecular weight excluding hydrogens is 256 g/mol. The molecule has 2 fully saturated rings. The SMILES string of the molecule is CC(C)(C)OC(=O)N1CC(N2CCC(CCO)CC2)C1. The number of aliphatic hydroxyl groups is 1. The number of carbonyl (C=O) groups is 1. The second-order valence-corrected chi connectivity index (χ2v) is 7.03. The standard InChI is InChI=1S/C15H28N2O3/c1-15(2,3)20-14(19)17-10-13(11-17)16-7-4-12(5-8-16)6-9-18/h12-13,18H,4-11H2,1-3H3. The van der Waals surface area contributed by atoms with E-state index < -0.39 is 5.60 Å². The van der Waals surface area contributed by atoms with E-state index in [2.05, 4.69) is 4.90 Å². The molecule has 0 bridgehead atoms. The predicted octanol–water partition coefficient (Wildman–Crippen LogP) is 1.70. The second kappa shape index (κ2) is 6.31. The minimum atomic E-state index is -0.412. The van der Waals surface area contributed by atoms with Gasteiger partial charge in [0, 0.05) is 25.7 Å². The Bertz CT molecular complexity index is 327. The summed E-state index contributed by atoms with van der Waals surface area (Å²) >= 11 is 0. The number of nitrogens with zero attached hydrogens (tertiary/aromatic N) is 2. The molecule has 20 heavy (non-hydrogen) atoms. The number of amides is 1. The van der Waals surface area contributed by atoms with Crippen LogP contribution in [-0.2, 0) is 4.74 Å². The number of piperidine rings is 1. The highest BCUT2D eigenvalue weighted by molar-refractivity contribution is 5.69. The average molecular weight is 284 g/mol. The fourth-order valence-corrected chi connectivity index (χ4v) is 2.95. The highest BCUT2D eigenvalue weighted by Gasteiger charge is 2.38. The Hall–Kier alpha value is -0.810. The monoisotopic (exact) mass is 284 g/mol. The predicted molar refractivity (Wildman–Crippen MR) is 77.6 cm³/mol. The smallest absolute Gasteiger partial charge is 0.410 e. The Kier molecular flexibility index (Phi) is 4.91. The summed E-state index contributed by atoms with van der Waals surface area (Å²) in [6.07, 6.45) is 3.08. The molecule has 2 rings (SSSR count). The summed E-state index contributed by atoms with van der Waals surface area (Å²) in [6, 6.07) is 0.498. The molecule has 116 valence electrons. The van der Waals surface area contributed by atoms with Gasteiger partial charge in [0.2, 0.25) is 0 Å². The third-order valence-corrected chi connectivity index (χ3v) is 4.22. The summed E-state index contributed by atoms with van der Waals surface area (Å²) in [5.74, 6) is 0.679. The first-order chi connectivity index (χ1) is 9.39. The lowest BCUT2D eigenvalue weighted by Crippen LogP contribution is -2.62. The van der Waals surface area contributed by atoms with Crippen LogP contribution in [0.3, 0.4) is 0 Å². The number of likely N-dealkylation sites (tertiary alicyclic amines) is 2. The van der Waals surface area contributed by atoms with Crippen LogP contribution in [0.15, 0.2) is 0 Å². The maximum Gasteiger partial charge on any atom is 0.410 e. The summed E-state index contributed by atoms with van der Waals surface area (Å²) in [4.78, 5) is 16.1. The number of rotatable bonds is 3. The highest BCUT2D eigenvalue weighted by atomic mass is 16.6. The molecule has 0 aromatic heterocycles. The maximum absolute atomic E-state index is 11.9. The Labute approximate surface area is 121 Å². The van der Waals surface area contributed by atoms with E-state index in [0.29, 0.717) is 18.6 Å². The molecule has 0 unspecified atom stereocenters. The van der Waals surface area contributed by atoms with Crippen molar-refractivity contribution in [1.82, 2.24) is 9.80 Å². The van der Waals surface area contributed by atoms with Gasteiger partial charge in [-0.1, -0.05) is 0 Å². The van der Waals surface area contributed by atoms with Gasteiger partial charge in [-0.05, 0) is 59.0 Å². The van der Waals surface area contributed by atoms with Gasteiger partial charge in [-0.15, -0.1) is 0 Å². The summed E-state index contributed by atoms with van der Waals surface area (Å²) in [5, 5.41) is 8.97. The van der Waals surface area contributed by atoms with Crippen molar-refractivity contribution in [1.29, 1.82) is 0 Å². The Morgan fingerprint density at radius 1 is 1.25 bits per heavy atom. The molecule has 2 heterocycles. The van der Waals surface area contributed by atoms with Gasteiger partial charge >= 0.3 is 6.09 Å². The van der Waals surface area contributed by atoms with Gasteiger partial charge in [-0.3, -0.25) is 4.90 Å². The molecule has 2 aliphatic rings. The molecule has 2 aliphatic heterocycles. The lowest BCUT2D eigenvalue weighted by Gasteiger charge is -2.47. The number of aliphatic hydroxyl groups excluding tert-OH is 1. The van der Waals surface area contributed by atoms with Crippen molar-refractivity contribution in [3.8, 4) is 0 Å². The molecule has 0 saturated carbocycles. The molecule has 0 aromatic rings. The lowest BCUT2D eigenvalue weighted by atomic mass is 9.92. The van der Waals surface area contributed by atoms with E-state index in [9.17, 15) is 4.79 Å². The normalized spacial score (nSPS) is 22.7. The minimum Gasteiger partial charge on any atom is -0.444 e. The highest BCUT2D eigenvalue weighted by Crippen LogP contribution is 2.25. The van der Waals surface area contributed by atoms with Crippen molar-refractivity contribution >= 4 is 6.09 Å². The Morgan fingerprint density at radius 2 is 1.85 bits per heavy atom. The molecule has 5 heteroatoms. The third-order valence-electron chi connectivity index (χ3n) is 4.22. The Balaban J connectivity index is 1.68. The summed E-state index contributed by atoms with van der Waals surface area (Å²) in [5.41, 5.74) is -0.412. The molecule has 1 N–H and O–H groups in total. The lowest BCUT2D eigenvalue weighted by molar-refractivity contribution is -0.0222. The van der Waals surface area contributed by atoms with Crippen molar-refractivity contribution in [2.24, 2.45) is 5.92 Å². The Morgan fingerprint density at radius 3 is 2.35 bits per heavy atom. The summed E-state index contributed by atoms with van der Waals surface area (Å²) < 4.78 is 5.37. The zero-order valence-corrected chi connectivity index (χ0v) is 13.0. The van der Waals surface area contributed by atoms with Crippen LogP contribution < -0.4 is 0 Å². The van der Waals surface area contributed by atoms with Crippen LogP contribution in [0.1, 0.15) is 40.0 Å². The molecule has 1 amide bonds. The topological polar surface area (TPSA) is 53.0 Å². The van der Waals surface area contributed by atoms with Gasteiger partial charge in [-0.2, -0.15) is 0 Å². The molecule has 5 nitrogen and oxygen atoms in total.